The Kier molecular flexibility index (Phi) is 6.40. The number of ether oxygens (including phenoxy) is 1. The number of anilines is 1. The number of rotatable bonds is 6. The molecule has 3 N–H and O–H groups in total. The van der Waals surface area contributed by atoms with E-state index < -0.39 is 5.54 Å². The maximum Gasteiger partial charge on any atom is 0.318 e. The highest BCUT2D eigenvalue weighted by atomic mass is 16.5. The third-order valence-electron chi connectivity index (χ3n) is 8.17. The molecular weight excluding hydrogens is 504 g/mol. The number of amides is 2. The lowest BCUT2D eigenvalue weighted by Crippen LogP contribution is -2.48. The number of carbonyl (C=O) groups excluding carboxylic acids is 1. The summed E-state index contributed by atoms with van der Waals surface area (Å²) in [7, 11) is 0. The molecule has 10 nitrogen and oxygen atoms in total. The number of likely N-dealkylation sites (tertiary alicyclic amines) is 1. The topological polar surface area (TPSA) is 124 Å². The normalized spacial score (nSPS) is 19.0. The van der Waals surface area contributed by atoms with Gasteiger partial charge in [0, 0.05) is 61.1 Å². The Balaban J connectivity index is 1.18. The molecule has 1 unspecified atom stereocenters. The zero-order chi connectivity index (χ0) is 27.9. The quantitative estimate of drug-likeness (QED) is 0.372. The lowest BCUT2D eigenvalue weighted by molar-refractivity contribution is 0.194. The fraction of sp³-hybridized carbons (Fsp3) is 0.367. The summed E-state index contributed by atoms with van der Waals surface area (Å²) in [6.07, 6.45) is 8.55. The van der Waals surface area contributed by atoms with Crippen LogP contribution in [0, 0.1) is 0 Å². The van der Waals surface area contributed by atoms with Gasteiger partial charge in [-0.2, -0.15) is 5.10 Å². The van der Waals surface area contributed by atoms with E-state index in [1.54, 1.807) is 24.8 Å². The van der Waals surface area contributed by atoms with Crippen LogP contribution in [-0.2, 0) is 17.5 Å². The molecule has 4 aromatic heterocycles. The summed E-state index contributed by atoms with van der Waals surface area (Å²) in [5, 5.41) is 8.11. The lowest BCUT2D eigenvalue weighted by atomic mass is 9.82. The molecule has 2 atom stereocenters. The molecule has 10 heteroatoms. The molecular formula is C30H34N8O2. The second kappa shape index (κ2) is 9.93. The Bertz CT molecular complexity index is 1520. The van der Waals surface area contributed by atoms with Crippen molar-refractivity contribution >= 4 is 11.8 Å². The molecule has 2 amide bonds. The van der Waals surface area contributed by atoms with Crippen LogP contribution in [0.3, 0.4) is 0 Å². The molecule has 0 saturated carbocycles. The van der Waals surface area contributed by atoms with Crippen LogP contribution >= 0.6 is 0 Å². The fourth-order valence-electron chi connectivity index (χ4n) is 5.81. The number of nitrogens with zero attached hydrogens (tertiary/aromatic N) is 6. The Hall–Kier alpha value is -4.47. The van der Waals surface area contributed by atoms with Crippen LogP contribution < -0.4 is 15.8 Å². The highest BCUT2D eigenvalue weighted by Crippen LogP contribution is 2.44. The van der Waals surface area contributed by atoms with E-state index in [1.807, 2.05) is 62.1 Å². The minimum absolute atomic E-state index is 0.0524. The zero-order valence-corrected chi connectivity index (χ0v) is 23.0. The van der Waals surface area contributed by atoms with Crippen LogP contribution in [0.15, 0.2) is 67.3 Å². The maximum atomic E-state index is 13.3. The number of aromatic nitrogens is 5. The van der Waals surface area contributed by atoms with Crippen molar-refractivity contribution in [1.82, 2.24) is 34.9 Å². The van der Waals surface area contributed by atoms with Gasteiger partial charge >= 0.3 is 6.03 Å². The first-order valence-corrected chi connectivity index (χ1v) is 13.6. The van der Waals surface area contributed by atoms with Gasteiger partial charge in [-0.05, 0) is 75.6 Å². The molecule has 1 saturated heterocycles. The summed E-state index contributed by atoms with van der Waals surface area (Å²) in [6.45, 7) is 8.13. The first-order chi connectivity index (χ1) is 19.2. The van der Waals surface area contributed by atoms with Gasteiger partial charge in [0.15, 0.2) is 11.6 Å². The highest BCUT2D eigenvalue weighted by Gasteiger charge is 2.47. The molecule has 6 rings (SSSR count). The van der Waals surface area contributed by atoms with Gasteiger partial charge in [0.25, 0.3) is 0 Å². The van der Waals surface area contributed by atoms with Crippen LogP contribution in [0.25, 0.3) is 11.3 Å². The number of nitrogen functional groups attached to an aromatic ring is 1. The van der Waals surface area contributed by atoms with Crippen molar-refractivity contribution in [3.8, 4) is 17.0 Å². The van der Waals surface area contributed by atoms with Gasteiger partial charge in [-0.1, -0.05) is 6.07 Å². The predicted molar refractivity (Wildman–Crippen MR) is 151 cm³/mol. The second-order valence-corrected chi connectivity index (χ2v) is 11.3. The Morgan fingerprint density at radius 1 is 1.10 bits per heavy atom. The molecule has 4 aromatic rings. The average Bonchev–Trinajstić information content (AvgIpc) is 3.67. The van der Waals surface area contributed by atoms with Crippen molar-refractivity contribution in [1.29, 1.82) is 0 Å². The molecule has 2 aliphatic heterocycles. The minimum atomic E-state index is -0.504. The smallest absolute Gasteiger partial charge is 0.318 e. The van der Waals surface area contributed by atoms with Gasteiger partial charge in [0.05, 0.1) is 16.9 Å². The van der Waals surface area contributed by atoms with E-state index in [2.05, 4.69) is 31.0 Å². The van der Waals surface area contributed by atoms with Crippen LogP contribution in [0.5, 0.6) is 5.75 Å². The van der Waals surface area contributed by atoms with Crippen LogP contribution in [-0.4, -0.2) is 48.8 Å². The van der Waals surface area contributed by atoms with E-state index in [0.717, 1.165) is 47.6 Å². The van der Waals surface area contributed by atoms with Crippen molar-refractivity contribution in [2.45, 2.75) is 57.2 Å². The predicted octanol–water partition coefficient (Wildman–Crippen LogP) is 4.45. The van der Waals surface area contributed by atoms with Gasteiger partial charge in [0.1, 0.15) is 6.10 Å². The number of hydrogen-bond donors (Lipinski definition) is 2. The Labute approximate surface area is 233 Å². The van der Waals surface area contributed by atoms with Crippen molar-refractivity contribution in [2.24, 2.45) is 0 Å². The molecule has 40 heavy (non-hydrogen) atoms. The van der Waals surface area contributed by atoms with Crippen molar-refractivity contribution in [3.05, 3.63) is 84.2 Å². The fourth-order valence-corrected chi connectivity index (χ4v) is 5.81. The summed E-state index contributed by atoms with van der Waals surface area (Å²) in [5.41, 5.74) is 10.2. The molecule has 1 spiro atoms. The van der Waals surface area contributed by atoms with Crippen LogP contribution in [0.2, 0.25) is 0 Å². The van der Waals surface area contributed by atoms with Gasteiger partial charge in [-0.3, -0.25) is 14.6 Å². The Morgan fingerprint density at radius 2 is 1.90 bits per heavy atom. The first-order valence-electron chi connectivity index (χ1n) is 13.6. The van der Waals surface area contributed by atoms with Gasteiger partial charge in [0.2, 0.25) is 0 Å². The number of nitrogens with one attached hydrogen (secondary N) is 1. The van der Waals surface area contributed by atoms with Gasteiger partial charge in [-0.15, -0.1) is 0 Å². The van der Waals surface area contributed by atoms with Gasteiger partial charge < -0.3 is 20.7 Å². The molecule has 206 valence electrons. The van der Waals surface area contributed by atoms with E-state index in [-0.39, 0.29) is 17.6 Å². The number of carbonyl (C=O) groups is 1. The summed E-state index contributed by atoms with van der Waals surface area (Å²) >= 11 is 0. The van der Waals surface area contributed by atoms with E-state index in [0.29, 0.717) is 24.7 Å². The van der Waals surface area contributed by atoms with Crippen LogP contribution in [0.1, 0.15) is 56.7 Å². The van der Waals surface area contributed by atoms with E-state index in [1.165, 1.54) is 0 Å². The average molecular weight is 539 g/mol. The molecule has 0 bridgehead atoms. The molecule has 1 fully saturated rings. The number of hydrogen-bond acceptors (Lipinski definition) is 7. The maximum absolute atomic E-state index is 13.3. The monoisotopic (exact) mass is 538 g/mol. The number of pyridine rings is 3. The molecule has 0 radical (unpaired) electrons. The summed E-state index contributed by atoms with van der Waals surface area (Å²) < 4.78 is 8.21. The standard InChI is InChI=1S/C30H34N8O2/c1-20(23-6-4-5-11-33-23)40-25-16-21(18-34-27(25)31)24-17-26-30(10-15-38(26)36-24)9-14-37(19-30)28(39)35-29(2,3)22-7-12-32-13-8-22/h4-8,11-13,16-18,20H,9-10,14-15,19H2,1-3H3,(H2,31,34)(H,35,39)/t20-,30?/m0/s1. The SMILES string of the molecule is C[C@H](Oc1cc(-c2cc3n(n2)CCC32CCN(C(=O)NC(C)(C)c3ccncc3)C2)cnc1N)c1ccccn1. The van der Waals surface area contributed by atoms with Crippen molar-refractivity contribution < 1.29 is 9.53 Å². The van der Waals surface area contributed by atoms with E-state index in [4.69, 9.17) is 15.6 Å². The zero-order valence-electron chi connectivity index (χ0n) is 23.0. The molecule has 2 aliphatic rings. The number of fused-ring (bicyclic) bond motifs is 2. The highest BCUT2D eigenvalue weighted by molar-refractivity contribution is 5.76. The van der Waals surface area contributed by atoms with E-state index in [9.17, 15) is 4.79 Å². The third-order valence-corrected chi connectivity index (χ3v) is 8.17. The first kappa shape index (κ1) is 25.8. The molecule has 6 heterocycles. The largest absolute Gasteiger partial charge is 0.481 e. The second-order valence-electron chi connectivity index (χ2n) is 11.3. The lowest BCUT2D eigenvalue weighted by Gasteiger charge is -2.30. The summed E-state index contributed by atoms with van der Waals surface area (Å²) in [4.78, 5) is 28.1. The number of urea groups is 1. The summed E-state index contributed by atoms with van der Waals surface area (Å²) in [6, 6.07) is 13.6. The van der Waals surface area contributed by atoms with Crippen molar-refractivity contribution in [3.63, 3.8) is 0 Å². The Morgan fingerprint density at radius 3 is 2.67 bits per heavy atom. The minimum Gasteiger partial charge on any atom is -0.481 e. The summed E-state index contributed by atoms with van der Waals surface area (Å²) in [5.74, 6) is 0.820. The van der Waals surface area contributed by atoms with Gasteiger partial charge in [-0.25, -0.2) is 9.78 Å². The molecule has 0 aromatic carbocycles. The number of aryl methyl sites for hydroxylation is 1. The number of nitrogens with two attached hydrogens (primary N) is 1. The molecule has 0 aliphatic carbocycles. The van der Waals surface area contributed by atoms with Crippen molar-refractivity contribution in [2.75, 3.05) is 18.8 Å². The van der Waals surface area contributed by atoms with E-state index >= 15 is 0 Å². The van der Waals surface area contributed by atoms with Crippen LogP contribution in [0.4, 0.5) is 10.6 Å². The third kappa shape index (κ3) is 4.74.